The van der Waals surface area contributed by atoms with Crippen LogP contribution < -0.4 is 4.74 Å². The van der Waals surface area contributed by atoms with Crippen LogP contribution in [0.3, 0.4) is 0 Å². The van der Waals surface area contributed by atoms with Gasteiger partial charge in [-0.05, 0) is 23.1 Å². The molecular weight excluding hydrogens is 238 g/mol. The molecule has 0 fully saturated rings. The molecule has 0 atom stereocenters. The summed E-state index contributed by atoms with van der Waals surface area (Å²) in [5.41, 5.74) is 1.53. The van der Waals surface area contributed by atoms with E-state index in [-0.39, 0.29) is 11.1 Å². The largest absolute Gasteiger partial charge is 0.437 e. The third-order valence-electron chi connectivity index (χ3n) is 2.67. The van der Waals surface area contributed by atoms with Crippen molar-refractivity contribution >= 4 is 0 Å². The van der Waals surface area contributed by atoms with Gasteiger partial charge in [0.05, 0.1) is 12.4 Å². The lowest BCUT2D eigenvalue weighted by Gasteiger charge is -2.19. The number of nitriles is 1. The van der Waals surface area contributed by atoms with Crippen LogP contribution in [-0.2, 0) is 5.41 Å². The Balaban J connectivity index is 2.21. The third-order valence-corrected chi connectivity index (χ3v) is 2.67. The Labute approximate surface area is 112 Å². The van der Waals surface area contributed by atoms with E-state index in [0.717, 1.165) is 0 Å². The first kappa shape index (κ1) is 13.0. The molecule has 0 saturated heterocycles. The zero-order chi connectivity index (χ0) is 13.9. The number of benzene rings is 1. The first-order valence-electron chi connectivity index (χ1n) is 5.99. The van der Waals surface area contributed by atoms with E-state index in [2.05, 4.69) is 36.8 Å². The molecule has 0 aliphatic carbocycles. The molecular formula is C15H15N3O. The SMILES string of the molecule is CC(C)(C)c1cccc(Oc2cnc(C#N)cn2)c1. The maximum Gasteiger partial charge on any atom is 0.237 e. The fourth-order valence-electron chi connectivity index (χ4n) is 1.57. The van der Waals surface area contributed by atoms with Gasteiger partial charge in [0.15, 0.2) is 5.69 Å². The van der Waals surface area contributed by atoms with Crippen LogP contribution in [0.25, 0.3) is 0 Å². The second kappa shape index (κ2) is 5.07. The number of aromatic nitrogens is 2. The zero-order valence-electron chi connectivity index (χ0n) is 11.2. The molecule has 0 bridgehead atoms. The van der Waals surface area contributed by atoms with Crippen LogP contribution in [0.1, 0.15) is 32.0 Å². The molecule has 96 valence electrons. The molecule has 1 heterocycles. The summed E-state index contributed by atoms with van der Waals surface area (Å²) in [5.74, 6) is 1.09. The topological polar surface area (TPSA) is 58.8 Å². The minimum atomic E-state index is 0.0652. The molecule has 1 aromatic heterocycles. The molecule has 0 radical (unpaired) electrons. The number of hydrogen-bond donors (Lipinski definition) is 0. The van der Waals surface area contributed by atoms with Crippen molar-refractivity contribution in [3.63, 3.8) is 0 Å². The van der Waals surface area contributed by atoms with Crippen molar-refractivity contribution in [1.29, 1.82) is 5.26 Å². The van der Waals surface area contributed by atoms with Crippen molar-refractivity contribution in [2.24, 2.45) is 0 Å². The van der Waals surface area contributed by atoms with E-state index in [0.29, 0.717) is 11.6 Å². The Hall–Kier alpha value is -2.41. The summed E-state index contributed by atoms with van der Waals surface area (Å²) < 4.78 is 5.63. The third kappa shape index (κ3) is 3.29. The van der Waals surface area contributed by atoms with Crippen LogP contribution in [-0.4, -0.2) is 9.97 Å². The van der Waals surface area contributed by atoms with Crippen molar-refractivity contribution in [1.82, 2.24) is 9.97 Å². The van der Waals surface area contributed by atoms with Gasteiger partial charge in [-0.1, -0.05) is 32.9 Å². The average molecular weight is 253 g/mol. The van der Waals surface area contributed by atoms with E-state index in [4.69, 9.17) is 10.00 Å². The minimum absolute atomic E-state index is 0.0652. The molecule has 2 aromatic rings. The highest BCUT2D eigenvalue weighted by molar-refractivity contribution is 5.34. The molecule has 0 N–H and O–H groups in total. The monoisotopic (exact) mass is 253 g/mol. The fourth-order valence-corrected chi connectivity index (χ4v) is 1.57. The highest BCUT2D eigenvalue weighted by Crippen LogP contribution is 2.27. The lowest BCUT2D eigenvalue weighted by molar-refractivity contribution is 0.457. The van der Waals surface area contributed by atoms with Crippen molar-refractivity contribution < 1.29 is 4.74 Å². The van der Waals surface area contributed by atoms with Crippen molar-refractivity contribution in [2.75, 3.05) is 0 Å². The molecule has 4 nitrogen and oxygen atoms in total. The predicted molar refractivity (Wildman–Crippen MR) is 72.0 cm³/mol. The predicted octanol–water partition coefficient (Wildman–Crippen LogP) is 3.44. The molecule has 2 rings (SSSR count). The second-order valence-electron chi connectivity index (χ2n) is 5.23. The lowest BCUT2D eigenvalue weighted by Crippen LogP contribution is -2.10. The summed E-state index contributed by atoms with van der Waals surface area (Å²) in [6.45, 7) is 6.44. The molecule has 0 unspecified atom stereocenters. The van der Waals surface area contributed by atoms with Crippen LogP contribution in [0.5, 0.6) is 11.6 Å². The normalized spacial score (nSPS) is 10.8. The molecule has 0 amide bonds. The molecule has 0 spiro atoms. The lowest BCUT2D eigenvalue weighted by atomic mass is 9.87. The number of nitrogens with zero attached hydrogens (tertiary/aromatic N) is 3. The van der Waals surface area contributed by atoms with Gasteiger partial charge in [0.25, 0.3) is 0 Å². The minimum Gasteiger partial charge on any atom is -0.437 e. The first-order chi connectivity index (χ1) is 8.99. The van der Waals surface area contributed by atoms with Gasteiger partial charge in [0, 0.05) is 0 Å². The summed E-state index contributed by atoms with van der Waals surface area (Å²) in [6.07, 6.45) is 2.84. The zero-order valence-corrected chi connectivity index (χ0v) is 11.2. The highest BCUT2D eigenvalue weighted by Gasteiger charge is 2.14. The van der Waals surface area contributed by atoms with E-state index in [9.17, 15) is 0 Å². The number of ether oxygens (including phenoxy) is 1. The van der Waals surface area contributed by atoms with Crippen LogP contribution in [0, 0.1) is 11.3 Å². The van der Waals surface area contributed by atoms with Gasteiger partial charge in [-0.25, -0.2) is 9.97 Å². The van der Waals surface area contributed by atoms with E-state index >= 15 is 0 Å². The van der Waals surface area contributed by atoms with Crippen molar-refractivity contribution in [3.05, 3.63) is 47.9 Å². The Morgan fingerprint density at radius 2 is 1.95 bits per heavy atom. The number of rotatable bonds is 2. The molecule has 4 heteroatoms. The summed E-state index contributed by atoms with van der Waals surface area (Å²) in [6, 6.07) is 9.79. The summed E-state index contributed by atoms with van der Waals surface area (Å²) in [4.78, 5) is 7.95. The average Bonchev–Trinajstić information content (AvgIpc) is 2.39. The molecule has 19 heavy (non-hydrogen) atoms. The van der Waals surface area contributed by atoms with E-state index in [1.165, 1.54) is 18.0 Å². The van der Waals surface area contributed by atoms with Gasteiger partial charge in [0.2, 0.25) is 5.88 Å². The maximum atomic E-state index is 8.65. The quantitative estimate of drug-likeness (QED) is 0.822. The molecule has 0 aliphatic rings. The summed E-state index contributed by atoms with van der Waals surface area (Å²) in [5, 5.41) is 8.65. The van der Waals surface area contributed by atoms with Gasteiger partial charge < -0.3 is 4.74 Å². The molecule has 0 aliphatic heterocycles. The van der Waals surface area contributed by atoms with Gasteiger partial charge >= 0.3 is 0 Å². The Bertz CT molecular complexity index is 607. The van der Waals surface area contributed by atoms with E-state index < -0.39 is 0 Å². The van der Waals surface area contributed by atoms with Gasteiger partial charge in [-0.15, -0.1) is 0 Å². The Morgan fingerprint density at radius 3 is 2.53 bits per heavy atom. The standard InChI is InChI=1S/C15H15N3O/c1-15(2,3)11-5-4-6-13(7-11)19-14-10-17-12(8-16)9-18-14/h4-7,9-10H,1-3H3. The van der Waals surface area contributed by atoms with Crippen molar-refractivity contribution in [2.45, 2.75) is 26.2 Å². The van der Waals surface area contributed by atoms with Gasteiger partial charge in [-0.3, -0.25) is 0 Å². The van der Waals surface area contributed by atoms with Crippen LogP contribution in [0.15, 0.2) is 36.7 Å². The van der Waals surface area contributed by atoms with Gasteiger partial charge in [0.1, 0.15) is 11.8 Å². The van der Waals surface area contributed by atoms with E-state index in [1.807, 2.05) is 24.3 Å². The highest BCUT2D eigenvalue weighted by atomic mass is 16.5. The fraction of sp³-hybridized carbons (Fsp3) is 0.267. The van der Waals surface area contributed by atoms with Crippen LogP contribution in [0.2, 0.25) is 0 Å². The van der Waals surface area contributed by atoms with Gasteiger partial charge in [-0.2, -0.15) is 5.26 Å². The van der Waals surface area contributed by atoms with Crippen LogP contribution >= 0.6 is 0 Å². The summed E-state index contributed by atoms with van der Waals surface area (Å²) >= 11 is 0. The van der Waals surface area contributed by atoms with Crippen LogP contribution in [0.4, 0.5) is 0 Å². The second-order valence-corrected chi connectivity index (χ2v) is 5.23. The Morgan fingerprint density at radius 1 is 1.16 bits per heavy atom. The first-order valence-corrected chi connectivity index (χ1v) is 5.99. The molecule has 1 aromatic carbocycles. The summed E-state index contributed by atoms with van der Waals surface area (Å²) in [7, 11) is 0. The van der Waals surface area contributed by atoms with E-state index in [1.54, 1.807) is 0 Å². The van der Waals surface area contributed by atoms with Crippen molar-refractivity contribution in [3.8, 4) is 17.7 Å². The number of hydrogen-bond acceptors (Lipinski definition) is 4. The smallest absolute Gasteiger partial charge is 0.237 e. The molecule has 0 saturated carbocycles. The Kier molecular flexibility index (Phi) is 3.48. The maximum absolute atomic E-state index is 8.65.